The molecule has 4 aromatic rings. The Morgan fingerprint density at radius 3 is 2.36 bits per heavy atom. The molecule has 3 aromatic carbocycles. The summed E-state index contributed by atoms with van der Waals surface area (Å²) in [4.78, 5) is 29.2. The van der Waals surface area contributed by atoms with Crippen LogP contribution in [0.1, 0.15) is 33.2 Å². The van der Waals surface area contributed by atoms with Gasteiger partial charge >= 0.3 is 0 Å². The second-order valence-electron chi connectivity index (χ2n) is 8.43. The van der Waals surface area contributed by atoms with Crippen molar-refractivity contribution < 1.29 is 14.7 Å². The monoisotopic (exact) mass is 453 g/mol. The van der Waals surface area contributed by atoms with Gasteiger partial charge in [-0.25, -0.2) is 0 Å². The van der Waals surface area contributed by atoms with Crippen molar-refractivity contribution in [2.45, 2.75) is 26.8 Å². The van der Waals surface area contributed by atoms with E-state index in [2.05, 4.69) is 0 Å². The van der Waals surface area contributed by atoms with Gasteiger partial charge in [0.2, 0.25) is 0 Å². The molecule has 1 unspecified atom stereocenters. The third kappa shape index (κ3) is 3.36. The van der Waals surface area contributed by atoms with E-state index in [-0.39, 0.29) is 11.3 Å². The molecule has 1 aliphatic heterocycles. The van der Waals surface area contributed by atoms with E-state index in [1.165, 1.54) is 16.2 Å². The number of amides is 1. The Labute approximate surface area is 196 Å². The van der Waals surface area contributed by atoms with Crippen LogP contribution in [0.5, 0.6) is 0 Å². The van der Waals surface area contributed by atoms with E-state index in [4.69, 9.17) is 0 Å². The van der Waals surface area contributed by atoms with E-state index in [0.29, 0.717) is 11.3 Å². The quantitative estimate of drug-likeness (QED) is 0.220. The normalized spacial score (nSPS) is 17.8. The van der Waals surface area contributed by atoms with Crippen LogP contribution >= 0.6 is 11.3 Å². The summed E-state index contributed by atoms with van der Waals surface area (Å²) >= 11 is 1.49. The van der Waals surface area contributed by atoms with Crippen LogP contribution in [0.3, 0.4) is 0 Å². The highest BCUT2D eigenvalue weighted by atomic mass is 32.1. The molecule has 1 N–H and O–H groups in total. The Hall–Kier alpha value is -3.70. The number of hydrogen-bond donors (Lipinski definition) is 1. The van der Waals surface area contributed by atoms with Crippen molar-refractivity contribution in [3.63, 3.8) is 0 Å². The van der Waals surface area contributed by atoms with Crippen LogP contribution in [0.2, 0.25) is 0 Å². The number of ketones is 1. The number of thiophene rings is 1. The molecular formula is C28H23NO3S. The fraction of sp³-hybridized carbons (Fsp3) is 0.143. The predicted molar refractivity (Wildman–Crippen MR) is 134 cm³/mol. The van der Waals surface area contributed by atoms with Gasteiger partial charge in [0.25, 0.3) is 11.7 Å². The number of carbonyl (C=O) groups is 2. The predicted octanol–water partition coefficient (Wildman–Crippen LogP) is 6.45. The molecular weight excluding hydrogens is 430 g/mol. The minimum Gasteiger partial charge on any atom is -0.507 e. The Balaban J connectivity index is 1.78. The first kappa shape index (κ1) is 21.2. The van der Waals surface area contributed by atoms with Gasteiger partial charge in [0.15, 0.2) is 0 Å². The summed E-state index contributed by atoms with van der Waals surface area (Å²) in [5.41, 5.74) is 4.44. The molecule has 1 fully saturated rings. The molecule has 0 aliphatic carbocycles. The zero-order valence-corrected chi connectivity index (χ0v) is 19.4. The number of anilines is 1. The molecule has 5 rings (SSSR count). The van der Waals surface area contributed by atoms with Gasteiger partial charge < -0.3 is 5.11 Å². The number of hydrogen-bond acceptors (Lipinski definition) is 4. The van der Waals surface area contributed by atoms with Crippen LogP contribution in [0, 0.1) is 20.8 Å². The molecule has 2 heterocycles. The van der Waals surface area contributed by atoms with E-state index in [1.807, 2.05) is 86.8 Å². The molecule has 0 radical (unpaired) electrons. The van der Waals surface area contributed by atoms with Gasteiger partial charge in [0, 0.05) is 16.1 Å². The number of aliphatic hydroxyl groups excluding tert-OH is 1. The molecule has 5 heteroatoms. The van der Waals surface area contributed by atoms with Crippen molar-refractivity contribution in [3.8, 4) is 0 Å². The average molecular weight is 454 g/mol. The zero-order valence-electron chi connectivity index (χ0n) is 18.6. The third-order valence-corrected chi connectivity index (χ3v) is 7.48. The summed E-state index contributed by atoms with van der Waals surface area (Å²) in [5, 5.41) is 15.2. The van der Waals surface area contributed by atoms with Crippen molar-refractivity contribution in [1.29, 1.82) is 0 Å². The average Bonchev–Trinajstić information content (AvgIpc) is 3.35. The molecule has 1 aliphatic rings. The number of aryl methyl sites for hydroxylation is 3. The smallest absolute Gasteiger partial charge is 0.300 e. The molecule has 1 amide bonds. The van der Waals surface area contributed by atoms with E-state index >= 15 is 0 Å². The lowest BCUT2D eigenvalue weighted by atomic mass is 9.95. The van der Waals surface area contributed by atoms with Crippen molar-refractivity contribution in [2.24, 2.45) is 0 Å². The minimum atomic E-state index is -0.689. The number of carbonyl (C=O) groups excluding carboxylic acids is 2. The topological polar surface area (TPSA) is 57.6 Å². The van der Waals surface area contributed by atoms with E-state index in [1.54, 1.807) is 6.07 Å². The number of rotatable bonds is 3. The van der Waals surface area contributed by atoms with Crippen molar-refractivity contribution in [3.05, 3.63) is 105 Å². The Morgan fingerprint density at radius 2 is 1.64 bits per heavy atom. The second-order valence-corrected chi connectivity index (χ2v) is 9.38. The van der Waals surface area contributed by atoms with Crippen LogP contribution in [-0.2, 0) is 9.59 Å². The fourth-order valence-electron chi connectivity index (χ4n) is 4.46. The first-order valence-corrected chi connectivity index (χ1v) is 11.7. The highest BCUT2D eigenvalue weighted by Gasteiger charge is 2.48. The number of fused-ring (bicyclic) bond motifs is 1. The molecule has 4 nitrogen and oxygen atoms in total. The molecule has 0 saturated carbocycles. The molecule has 1 aromatic heterocycles. The SMILES string of the molecule is Cc1ccc(N2C(=O)C(=O)/C(=C(/O)c3cccc4ccccc34)C2c2sccc2C)cc1C. The van der Waals surface area contributed by atoms with Gasteiger partial charge in [-0.2, -0.15) is 0 Å². The maximum absolute atomic E-state index is 13.4. The molecule has 164 valence electrons. The molecule has 0 bridgehead atoms. The second kappa shape index (κ2) is 8.01. The standard InChI is InChI=1S/C28H23NO3S/c1-16-11-12-20(15-18(16)3)29-24(27-17(2)13-14-33-27)23(26(31)28(29)32)25(30)22-10-6-8-19-7-4-5-9-21(19)22/h4-15,24,30H,1-3H3/b25-23+. The number of aliphatic hydroxyl groups is 1. The van der Waals surface area contributed by atoms with Gasteiger partial charge in [-0.3, -0.25) is 14.5 Å². The lowest BCUT2D eigenvalue weighted by Gasteiger charge is -2.25. The van der Waals surface area contributed by atoms with E-state index in [0.717, 1.165) is 32.3 Å². The first-order chi connectivity index (χ1) is 15.9. The van der Waals surface area contributed by atoms with Gasteiger partial charge in [0.05, 0.1) is 5.57 Å². The number of nitrogens with zero attached hydrogens (tertiary/aromatic N) is 1. The Kier molecular flexibility index (Phi) is 5.14. The largest absolute Gasteiger partial charge is 0.507 e. The van der Waals surface area contributed by atoms with Crippen LogP contribution in [0.15, 0.2) is 77.7 Å². The van der Waals surface area contributed by atoms with Gasteiger partial charge in [-0.1, -0.05) is 48.5 Å². The molecule has 1 saturated heterocycles. The maximum atomic E-state index is 13.4. The summed E-state index contributed by atoms with van der Waals surface area (Å²) in [6.45, 7) is 5.95. The van der Waals surface area contributed by atoms with Gasteiger partial charge in [-0.05, 0) is 71.8 Å². The van der Waals surface area contributed by atoms with Crippen LogP contribution < -0.4 is 4.90 Å². The molecule has 33 heavy (non-hydrogen) atoms. The minimum absolute atomic E-state index is 0.125. The maximum Gasteiger partial charge on any atom is 0.300 e. The van der Waals surface area contributed by atoms with Crippen molar-refractivity contribution in [1.82, 2.24) is 0 Å². The first-order valence-electron chi connectivity index (χ1n) is 10.8. The number of benzene rings is 3. The third-order valence-electron chi connectivity index (χ3n) is 6.41. The summed E-state index contributed by atoms with van der Waals surface area (Å²) in [6.07, 6.45) is 0. The van der Waals surface area contributed by atoms with Gasteiger partial charge in [-0.15, -0.1) is 11.3 Å². The lowest BCUT2D eigenvalue weighted by molar-refractivity contribution is -0.132. The van der Waals surface area contributed by atoms with Crippen LogP contribution in [0.4, 0.5) is 5.69 Å². The zero-order chi connectivity index (χ0) is 23.3. The Morgan fingerprint density at radius 1 is 0.879 bits per heavy atom. The highest BCUT2D eigenvalue weighted by Crippen LogP contribution is 2.45. The summed E-state index contributed by atoms with van der Waals surface area (Å²) < 4.78 is 0. The fourth-order valence-corrected chi connectivity index (χ4v) is 5.49. The molecule has 1 atom stereocenters. The highest BCUT2D eigenvalue weighted by molar-refractivity contribution is 7.10. The summed E-state index contributed by atoms with van der Waals surface area (Å²) in [7, 11) is 0. The van der Waals surface area contributed by atoms with Crippen LogP contribution in [-0.4, -0.2) is 16.8 Å². The van der Waals surface area contributed by atoms with E-state index < -0.39 is 17.7 Å². The van der Waals surface area contributed by atoms with E-state index in [9.17, 15) is 14.7 Å². The number of Topliss-reactive ketones (excluding diaryl/α,β-unsaturated/α-hetero) is 1. The summed E-state index contributed by atoms with van der Waals surface area (Å²) in [6, 6.07) is 20.3. The lowest BCUT2D eigenvalue weighted by Crippen LogP contribution is -2.29. The molecule has 0 spiro atoms. The Bertz CT molecular complexity index is 1460. The van der Waals surface area contributed by atoms with Crippen LogP contribution in [0.25, 0.3) is 16.5 Å². The van der Waals surface area contributed by atoms with Gasteiger partial charge in [0.1, 0.15) is 11.8 Å². The van der Waals surface area contributed by atoms with Crippen molar-refractivity contribution >= 4 is 45.2 Å². The van der Waals surface area contributed by atoms with Crippen molar-refractivity contribution in [2.75, 3.05) is 4.90 Å². The summed E-state index contributed by atoms with van der Waals surface area (Å²) in [5.74, 6) is -1.44.